The predicted molar refractivity (Wildman–Crippen MR) is 125 cm³/mol. The van der Waals surface area contributed by atoms with E-state index in [0.717, 1.165) is 6.42 Å². The summed E-state index contributed by atoms with van der Waals surface area (Å²) in [6.45, 7) is 10.4. The first-order valence-electron chi connectivity index (χ1n) is 10.9. The van der Waals surface area contributed by atoms with Gasteiger partial charge in [0.2, 0.25) is 0 Å². The van der Waals surface area contributed by atoms with Gasteiger partial charge in [0, 0.05) is 24.7 Å². The van der Waals surface area contributed by atoms with E-state index in [9.17, 15) is 25.5 Å². The third kappa shape index (κ3) is 8.92. The molecular weight excluding hydrogens is 412 g/mol. The number of nitrogens with one attached hydrogen (secondary N) is 2. The van der Waals surface area contributed by atoms with Crippen molar-refractivity contribution in [1.82, 2.24) is 10.6 Å². The number of benzene rings is 2. The highest BCUT2D eigenvalue weighted by molar-refractivity contribution is 5.42. The van der Waals surface area contributed by atoms with Crippen LogP contribution in [-0.2, 0) is 0 Å². The van der Waals surface area contributed by atoms with Crippen molar-refractivity contribution in [2.24, 2.45) is 0 Å². The standard InChI is InChI=1S/C13H21NO3.C11H17NO3/c1-4-10(14-8(2)3)13(17)9-5-6-11(15)12(16)7-9;1-7(2)12-6-11(15)8-3-4-9(13)10(14)5-8/h5-8,10,13-17H,4H2,1-3H3;3-5,7,11-15H,6H2,1-2H3. The molecule has 0 spiro atoms. The smallest absolute Gasteiger partial charge is 0.157 e. The van der Waals surface area contributed by atoms with Crippen molar-refractivity contribution in [3.05, 3.63) is 47.5 Å². The molecule has 0 aliphatic carbocycles. The number of phenols is 4. The van der Waals surface area contributed by atoms with E-state index in [1.165, 1.54) is 24.3 Å². The summed E-state index contributed by atoms with van der Waals surface area (Å²) < 4.78 is 0. The van der Waals surface area contributed by atoms with Gasteiger partial charge < -0.3 is 41.3 Å². The van der Waals surface area contributed by atoms with Gasteiger partial charge in [-0.15, -0.1) is 0 Å². The largest absolute Gasteiger partial charge is 0.504 e. The molecule has 2 aromatic carbocycles. The molecule has 0 aliphatic rings. The molecule has 0 saturated heterocycles. The maximum atomic E-state index is 10.2. The fourth-order valence-electron chi connectivity index (χ4n) is 3.03. The molecule has 3 atom stereocenters. The Morgan fingerprint density at radius 3 is 1.66 bits per heavy atom. The van der Waals surface area contributed by atoms with Crippen LogP contribution < -0.4 is 10.6 Å². The van der Waals surface area contributed by atoms with Crippen LogP contribution in [0, 0.1) is 0 Å². The van der Waals surface area contributed by atoms with Crippen molar-refractivity contribution >= 4 is 0 Å². The molecule has 2 rings (SSSR count). The van der Waals surface area contributed by atoms with Crippen LogP contribution in [0.2, 0.25) is 0 Å². The second-order valence-corrected chi connectivity index (χ2v) is 8.36. The van der Waals surface area contributed by atoms with Gasteiger partial charge in [-0.1, -0.05) is 46.8 Å². The van der Waals surface area contributed by atoms with Crippen LogP contribution in [0.5, 0.6) is 23.0 Å². The van der Waals surface area contributed by atoms with E-state index in [1.807, 2.05) is 34.6 Å². The first-order valence-corrected chi connectivity index (χ1v) is 10.9. The summed E-state index contributed by atoms with van der Waals surface area (Å²) in [5.41, 5.74) is 1.18. The molecular formula is C24H38N2O6. The van der Waals surface area contributed by atoms with Gasteiger partial charge in [0.15, 0.2) is 23.0 Å². The van der Waals surface area contributed by atoms with Crippen molar-refractivity contribution in [3.8, 4) is 23.0 Å². The van der Waals surface area contributed by atoms with E-state index in [1.54, 1.807) is 12.1 Å². The Bertz CT molecular complexity index is 828. The SMILES string of the molecule is CC(C)NCC(O)c1ccc(O)c(O)c1.CCC(NC(C)C)C(O)c1ccc(O)c(O)c1. The molecule has 8 heteroatoms. The van der Waals surface area contributed by atoms with Crippen molar-refractivity contribution in [2.45, 2.75) is 71.4 Å². The van der Waals surface area contributed by atoms with E-state index in [0.29, 0.717) is 23.7 Å². The average molecular weight is 451 g/mol. The Kier molecular flexibility index (Phi) is 11.3. The highest BCUT2D eigenvalue weighted by Gasteiger charge is 2.20. The van der Waals surface area contributed by atoms with Gasteiger partial charge in [0.05, 0.1) is 12.2 Å². The minimum atomic E-state index is -0.700. The molecule has 0 aliphatic heterocycles. The van der Waals surface area contributed by atoms with E-state index in [-0.39, 0.29) is 35.1 Å². The Balaban J connectivity index is 0.000000323. The van der Waals surface area contributed by atoms with Gasteiger partial charge in [0.1, 0.15) is 0 Å². The first kappa shape index (κ1) is 27.5. The minimum absolute atomic E-state index is 0.0704. The van der Waals surface area contributed by atoms with Gasteiger partial charge in [-0.05, 0) is 41.8 Å². The van der Waals surface area contributed by atoms with Crippen molar-refractivity contribution in [3.63, 3.8) is 0 Å². The second-order valence-electron chi connectivity index (χ2n) is 8.36. The third-order valence-corrected chi connectivity index (χ3v) is 4.81. The molecule has 0 heterocycles. The maximum absolute atomic E-state index is 10.2. The fourth-order valence-corrected chi connectivity index (χ4v) is 3.03. The molecule has 0 aromatic heterocycles. The van der Waals surface area contributed by atoms with E-state index in [4.69, 9.17) is 5.11 Å². The molecule has 0 amide bonds. The number of aromatic hydroxyl groups is 4. The second kappa shape index (κ2) is 13.1. The Morgan fingerprint density at radius 2 is 1.22 bits per heavy atom. The topological polar surface area (TPSA) is 145 Å². The summed E-state index contributed by atoms with van der Waals surface area (Å²) >= 11 is 0. The maximum Gasteiger partial charge on any atom is 0.157 e. The summed E-state index contributed by atoms with van der Waals surface area (Å²) in [6.07, 6.45) is -0.603. The van der Waals surface area contributed by atoms with Crippen molar-refractivity contribution in [2.75, 3.05) is 6.54 Å². The highest BCUT2D eigenvalue weighted by atomic mass is 16.3. The van der Waals surface area contributed by atoms with Crippen molar-refractivity contribution < 1.29 is 30.6 Å². The van der Waals surface area contributed by atoms with Crippen LogP contribution in [0.1, 0.15) is 64.4 Å². The zero-order valence-electron chi connectivity index (χ0n) is 19.4. The van der Waals surface area contributed by atoms with E-state index in [2.05, 4.69) is 10.6 Å². The molecule has 3 unspecified atom stereocenters. The van der Waals surface area contributed by atoms with Crippen LogP contribution in [0.3, 0.4) is 0 Å². The molecule has 0 radical (unpaired) electrons. The zero-order valence-corrected chi connectivity index (χ0v) is 19.4. The summed E-state index contributed by atoms with van der Waals surface area (Å²) in [7, 11) is 0. The summed E-state index contributed by atoms with van der Waals surface area (Å²) in [5.74, 6) is -0.773. The number of aliphatic hydroxyl groups is 2. The molecule has 0 saturated carbocycles. The van der Waals surface area contributed by atoms with Gasteiger partial charge in [-0.25, -0.2) is 0 Å². The lowest BCUT2D eigenvalue weighted by molar-refractivity contribution is 0.121. The van der Waals surface area contributed by atoms with Crippen LogP contribution >= 0.6 is 0 Å². The number of phenolic OH excluding ortho intramolecular Hbond substituents is 4. The van der Waals surface area contributed by atoms with Crippen LogP contribution in [0.15, 0.2) is 36.4 Å². The van der Waals surface area contributed by atoms with Gasteiger partial charge in [-0.2, -0.15) is 0 Å². The van der Waals surface area contributed by atoms with Crippen LogP contribution in [0.25, 0.3) is 0 Å². The van der Waals surface area contributed by atoms with Gasteiger partial charge in [0.25, 0.3) is 0 Å². The fraction of sp³-hybridized carbons (Fsp3) is 0.500. The predicted octanol–water partition coefficient (Wildman–Crippen LogP) is 3.04. The number of hydrogen-bond donors (Lipinski definition) is 8. The minimum Gasteiger partial charge on any atom is -0.504 e. The molecule has 2 aromatic rings. The summed E-state index contributed by atoms with van der Waals surface area (Å²) in [4.78, 5) is 0. The summed E-state index contributed by atoms with van der Waals surface area (Å²) in [6, 6.07) is 9.21. The average Bonchev–Trinajstić information content (AvgIpc) is 2.74. The number of hydrogen-bond acceptors (Lipinski definition) is 8. The third-order valence-electron chi connectivity index (χ3n) is 4.81. The molecule has 32 heavy (non-hydrogen) atoms. The lowest BCUT2D eigenvalue weighted by Gasteiger charge is -2.25. The first-order chi connectivity index (χ1) is 15.0. The normalized spacial score (nSPS) is 14.0. The lowest BCUT2D eigenvalue weighted by Crippen LogP contribution is -2.38. The van der Waals surface area contributed by atoms with Crippen LogP contribution in [-0.4, -0.2) is 55.3 Å². The highest BCUT2D eigenvalue weighted by Crippen LogP contribution is 2.30. The molecule has 180 valence electrons. The quantitative estimate of drug-likeness (QED) is 0.272. The van der Waals surface area contributed by atoms with Gasteiger partial charge in [-0.3, -0.25) is 0 Å². The Labute approximate surface area is 190 Å². The van der Waals surface area contributed by atoms with E-state index < -0.39 is 12.2 Å². The zero-order chi connectivity index (χ0) is 24.4. The molecule has 0 fully saturated rings. The van der Waals surface area contributed by atoms with Crippen LogP contribution in [0.4, 0.5) is 0 Å². The summed E-state index contributed by atoms with van der Waals surface area (Å²) in [5, 5.41) is 63.2. The monoisotopic (exact) mass is 450 g/mol. The molecule has 8 nitrogen and oxygen atoms in total. The molecule has 0 bridgehead atoms. The number of aliphatic hydroxyl groups excluding tert-OH is 2. The Morgan fingerprint density at radius 1 is 0.719 bits per heavy atom. The van der Waals surface area contributed by atoms with E-state index >= 15 is 0 Å². The van der Waals surface area contributed by atoms with Gasteiger partial charge >= 0.3 is 0 Å². The number of rotatable bonds is 9. The van der Waals surface area contributed by atoms with Crippen molar-refractivity contribution in [1.29, 1.82) is 0 Å². The Hall–Kier alpha value is -2.52. The molecule has 8 N–H and O–H groups in total. The lowest BCUT2D eigenvalue weighted by atomic mass is 9.99.